The maximum atomic E-state index is 12.0. The molecule has 1 amide bonds. The second-order valence-corrected chi connectivity index (χ2v) is 6.83. The minimum atomic E-state index is -0.529. The largest absolute Gasteiger partial charge is 0.444 e. The van der Waals surface area contributed by atoms with Crippen LogP contribution in [0.2, 0.25) is 0 Å². The van der Waals surface area contributed by atoms with Gasteiger partial charge < -0.3 is 15.0 Å². The molecule has 23 heavy (non-hydrogen) atoms. The van der Waals surface area contributed by atoms with Gasteiger partial charge >= 0.3 is 6.09 Å². The minimum absolute atomic E-state index is 0.0241. The van der Waals surface area contributed by atoms with Crippen molar-refractivity contribution in [2.75, 3.05) is 18.4 Å². The summed E-state index contributed by atoms with van der Waals surface area (Å²) in [7, 11) is 0. The molecule has 7 heteroatoms. The smallest absolute Gasteiger partial charge is 0.410 e. The second kappa shape index (κ2) is 6.44. The van der Waals surface area contributed by atoms with E-state index < -0.39 is 10.5 Å². The molecule has 0 aromatic heterocycles. The fourth-order valence-electron chi connectivity index (χ4n) is 2.51. The first-order valence-corrected chi connectivity index (χ1v) is 7.65. The van der Waals surface area contributed by atoms with E-state index in [0.717, 1.165) is 12.0 Å². The molecule has 0 aliphatic carbocycles. The number of hydrogen-bond acceptors (Lipinski definition) is 5. The van der Waals surface area contributed by atoms with Gasteiger partial charge in [0.05, 0.1) is 4.92 Å². The number of ether oxygens (including phenoxy) is 1. The van der Waals surface area contributed by atoms with E-state index in [0.29, 0.717) is 18.8 Å². The lowest BCUT2D eigenvalue weighted by Crippen LogP contribution is -2.36. The predicted octanol–water partition coefficient (Wildman–Crippen LogP) is 3.32. The Labute approximate surface area is 135 Å². The summed E-state index contributed by atoms with van der Waals surface area (Å²) in [6.45, 7) is 8.34. The number of nitrogens with zero attached hydrogens (tertiary/aromatic N) is 2. The lowest BCUT2D eigenvalue weighted by atomic mass is 10.1. The van der Waals surface area contributed by atoms with Crippen molar-refractivity contribution >= 4 is 17.5 Å². The van der Waals surface area contributed by atoms with E-state index in [9.17, 15) is 14.9 Å². The van der Waals surface area contributed by atoms with Crippen LogP contribution in [0.5, 0.6) is 0 Å². The van der Waals surface area contributed by atoms with E-state index in [1.165, 1.54) is 0 Å². The molecule has 0 bridgehead atoms. The van der Waals surface area contributed by atoms with Gasteiger partial charge in [-0.1, -0.05) is 6.07 Å². The van der Waals surface area contributed by atoms with Crippen LogP contribution in [0.4, 0.5) is 16.2 Å². The van der Waals surface area contributed by atoms with Gasteiger partial charge in [0, 0.05) is 25.2 Å². The lowest BCUT2D eigenvalue weighted by Gasteiger charge is -2.24. The third-order valence-corrected chi connectivity index (χ3v) is 3.55. The zero-order valence-corrected chi connectivity index (χ0v) is 14.0. The molecule has 0 saturated carbocycles. The maximum Gasteiger partial charge on any atom is 0.410 e. The number of nitro benzene ring substituents is 1. The number of anilines is 1. The van der Waals surface area contributed by atoms with Crippen molar-refractivity contribution in [1.82, 2.24) is 4.90 Å². The highest BCUT2D eigenvalue weighted by Gasteiger charge is 2.30. The summed E-state index contributed by atoms with van der Waals surface area (Å²) in [6.07, 6.45) is 0.379. The number of rotatable bonds is 3. The predicted molar refractivity (Wildman–Crippen MR) is 87.7 cm³/mol. The van der Waals surface area contributed by atoms with Crippen LogP contribution < -0.4 is 5.32 Å². The Balaban J connectivity index is 2.01. The van der Waals surface area contributed by atoms with Crippen LogP contribution in [0.25, 0.3) is 0 Å². The quantitative estimate of drug-likeness (QED) is 0.682. The van der Waals surface area contributed by atoms with E-state index in [4.69, 9.17) is 4.74 Å². The van der Waals surface area contributed by atoms with E-state index >= 15 is 0 Å². The monoisotopic (exact) mass is 321 g/mol. The Morgan fingerprint density at radius 3 is 2.74 bits per heavy atom. The molecule has 1 atom stereocenters. The minimum Gasteiger partial charge on any atom is -0.444 e. The maximum absolute atomic E-state index is 12.0. The molecule has 0 radical (unpaired) electrons. The van der Waals surface area contributed by atoms with Crippen LogP contribution in [0.1, 0.15) is 32.8 Å². The Morgan fingerprint density at radius 1 is 1.43 bits per heavy atom. The van der Waals surface area contributed by atoms with Crippen molar-refractivity contribution in [3.05, 3.63) is 33.9 Å². The standard InChI is InChI=1S/C16H23N3O4/c1-11-5-6-13(14(9-11)19(21)22)17-12-7-8-18(10-12)15(20)23-16(2,3)4/h5-6,9,12,17H,7-8,10H2,1-4H3. The zero-order valence-electron chi connectivity index (χ0n) is 14.0. The number of carbonyl (C=O) groups excluding carboxylic acids is 1. The molecule has 1 unspecified atom stereocenters. The summed E-state index contributed by atoms with van der Waals surface area (Å²) < 4.78 is 5.35. The molecule has 126 valence electrons. The number of aryl methyl sites for hydroxylation is 1. The summed E-state index contributed by atoms with van der Waals surface area (Å²) in [5.74, 6) is 0. The number of hydrogen-bond donors (Lipinski definition) is 1. The van der Waals surface area contributed by atoms with E-state index in [1.54, 1.807) is 17.0 Å². The molecule has 1 aliphatic heterocycles. The summed E-state index contributed by atoms with van der Waals surface area (Å²) in [5, 5.41) is 14.3. The Kier molecular flexibility index (Phi) is 4.77. The van der Waals surface area contributed by atoms with Crippen LogP contribution in [-0.2, 0) is 4.74 Å². The molecule has 0 spiro atoms. The molecule has 1 aromatic carbocycles. The van der Waals surface area contributed by atoms with Crippen molar-refractivity contribution < 1.29 is 14.5 Å². The number of nitro groups is 1. The topological polar surface area (TPSA) is 84.7 Å². The van der Waals surface area contributed by atoms with E-state index in [1.807, 2.05) is 33.8 Å². The highest BCUT2D eigenvalue weighted by Crippen LogP contribution is 2.27. The molecular formula is C16H23N3O4. The highest BCUT2D eigenvalue weighted by atomic mass is 16.6. The first-order valence-electron chi connectivity index (χ1n) is 7.65. The van der Waals surface area contributed by atoms with Gasteiger partial charge in [-0.25, -0.2) is 4.79 Å². The molecule has 1 heterocycles. The summed E-state index contributed by atoms with van der Waals surface area (Å²) in [5.41, 5.74) is 0.847. The van der Waals surface area contributed by atoms with Crippen LogP contribution >= 0.6 is 0 Å². The van der Waals surface area contributed by atoms with Gasteiger partial charge in [-0.15, -0.1) is 0 Å². The molecule has 1 saturated heterocycles. The third kappa shape index (κ3) is 4.58. The van der Waals surface area contributed by atoms with Crippen LogP contribution in [-0.4, -0.2) is 40.6 Å². The van der Waals surface area contributed by atoms with Gasteiger partial charge in [0.15, 0.2) is 0 Å². The second-order valence-electron chi connectivity index (χ2n) is 6.83. The van der Waals surface area contributed by atoms with Gasteiger partial charge in [0.25, 0.3) is 5.69 Å². The first-order chi connectivity index (χ1) is 10.7. The number of nitrogens with one attached hydrogen (secondary N) is 1. The average molecular weight is 321 g/mol. The van der Waals surface area contributed by atoms with E-state index in [-0.39, 0.29) is 17.8 Å². The van der Waals surface area contributed by atoms with Crippen LogP contribution in [0.3, 0.4) is 0 Å². The van der Waals surface area contributed by atoms with Gasteiger partial charge in [-0.2, -0.15) is 0 Å². The normalized spacial score (nSPS) is 17.9. The molecule has 1 aromatic rings. The van der Waals surface area contributed by atoms with Crippen molar-refractivity contribution in [2.24, 2.45) is 0 Å². The fourth-order valence-corrected chi connectivity index (χ4v) is 2.51. The first kappa shape index (κ1) is 17.1. The molecule has 1 aliphatic rings. The van der Waals surface area contributed by atoms with Gasteiger partial charge in [0.1, 0.15) is 11.3 Å². The third-order valence-electron chi connectivity index (χ3n) is 3.55. The molecule has 2 rings (SSSR count). The summed E-state index contributed by atoms with van der Waals surface area (Å²) >= 11 is 0. The Bertz CT molecular complexity index is 610. The van der Waals surface area contributed by atoms with E-state index in [2.05, 4.69) is 5.32 Å². The van der Waals surface area contributed by atoms with Crippen LogP contribution in [0.15, 0.2) is 18.2 Å². The van der Waals surface area contributed by atoms with Crippen molar-refractivity contribution in [3.63, 3.8) is 0 Å². The Morgan fingerprint density at radius 2 is 2.13 bits per heavy atom. The SMILES string of the molecule is Cc1ccc(NC2CCN(C(=O)OC(C)(C)C)C2)c([N+](=O)[O-])c1. The Hall–Kier alpha value is -2.31. The number of benzene rings is 1. The average Bonchev–Trinajstić information content (AvgIpc) is 2.87. The van der Waals surface area contributed by atoms with Gasteiger partial charge in [-0.05, 0) is 45.7 Å². The molecular weight excluding hydrogens is 298 g/mol. The number of likely N-dealkylation sites (tertiary alicyclic amines) is 1. The molecule has 1 fully saturated rings. The summed E-state index contributed by atoms with van der Waals surface area (Å²) in [6, 6.07) is 5.06. The lowest BCUT2D eigenvalue weighted by molar-refractivity contribution is -0.384. The van der Waals surface area contributed by atoms with Gasteiger partial charge in [-0.3, -0.25) is 10.1 Å². The zero-order chi connectivity index (χ0) is 17.2. The van der Waals surface area contributed by atoms with Crippen LogP contribution in [0, 0.1) is 17.0 Å². The number of amides is 1. The number of carbonyl (C=O) groups is 1. The molecule has 1 N–H and O–H groups in total. The molecule has 7 nitrogen and oxygen atoms in total. The van der Waals surface area contributed by atoms with Crippen molar-refractivity contribution in [2.45, 2.75) is 45.8 Å². The summed E-state index contributed by atoms with van der Waals surface area (Å²) in [4.78, 5) is 24.4. The van der Waals surface area contributed by atoms with Crippen molar-refractivity contribution in [3.8, 4) is 0 Å². The van der Waals surface area contributed by atoms with Crippen molar-refractivity contribution in [1.29, 1.82) is 0 Å². The fraction of sp³-hybridized carbons (Fsp3) is 0.562. The highest BCUT2D eigenvalue weighted by molar-refractivity contribution is 5.69. The van der Waals surface area contributed by atoms with Gasteiger partial charge in [0.2, 0.25) is 0 Å².